The minimum Gasteiger partial charge on any atom is -0.500 e. The van der Waals surface area contributed by atoms with Crippen LogP contribution in [0.15, 0.2) is 34.6 Å². The molecule has 0 saturated heterocycles. The molecule has 0 saturated carbocycles. The second-order valence-electron chi connectivity index (χ2n) is 4.16. The lowest BCUT2D eigenvalue weighted by Gasteiger charge is -2.01. The zero-order valence-corrected chi connectivity index (χ0v) is 12.8. The number of benzene rings is 1. The van der Waals surface area contributed by atoms with Gasteiger partial charge in [0, 0.05) is 0 Å². The summed E-state index contributed by atoms with van der Waals surface area (Å²) >= 11 is 0. The van der Waals surface area contributed by atoms with E-state index in [0.29, 0.717) is 18.7 Å². The summed E-state index contributed by atoms with van der Waals surface area (Å²) in [6.45, 7) is 2.16. The Morgan fingerprint density at radius 3 is 2.16 bits per heavy atom. The lowest BCUT2D eigenvalue weighted by molar-refractivity contribution is -0.402. The first-order valence-electron chi connectivity index (χ1n) is 6.53. The first-order chi connectivity index (χ1) is 11.8. The van der Waals surface area contributed by atoms with Gasteiger partial charge in [0.1, 0.15) is 12.1 Å². The maximum absolute atomic E-state index is 11.1. The minimum absolute atomic E-state index is 0.388. The molecule has 0 aromatic heterocycles. The quantitative estimate of drug-likeness (QED) is 0.241. The first kappa shape index (κ1) is 19.1. The van der Waals surface area contributed by atoms with E-state index in [1.807, 2.05) is 0 Å². The molecule has 1 aromatic rings. The Morgan fingerprint density at radius 2 is 1.72 bits per heavy atom. The predicted molar refractivity (Wildman–Crippen MR) is 86.9 cm³/mol. The topological polar surface area (TPSA) is 189 Å². The Hall–Kier alpha value is -3.90. The molecule has 0 spiro atoms. The first-order valence-corrected chi connectivity index (χ1v) is 6.53. The second kappa shape index (κ2) is 8.66. The Bertz CT molecular complexity index is 751. The number of nitrogens with two attached hydrogens (primary N) is 1. The highest BCUT2D eigenvalue weighted by atomic mass is 16.6. The standard InChI is InChI=1S/C12H12N6O7/c1-2-25-4-3-14-7-11(13)15-12-9(17(21)22)5-8(16(19)20)6-10(12)18(23)24/h3-7H,2H2,1H3,(H2,13,15)/b4-3+,14-7?. The highest BCUT2D eigenvalue weighted by Crippen LogP contribution is 2.40. The van der Waals surface area contributed by atoms with Gasteiger partial charge < -0.3 is 10.5 Å². The number of aliphatic imine (C=N–C) groups is 2. The number of nitro benzene ring substituents is 3. The summed E-state index contributed by atoms with van der Waals surface area (Å²) in [6, 6.07) is 1.12. The molecule has 0 aliphatic carbocycles. The van der Waals surface area contributed by atoms with E-state index in [4.69, 9.17) is 10.5 Å². The normalized spacial score (nSPS) is 11.8. The van der Waals surface area contributed by atoms with Crippen molar-refractivity contribution in [2.75, 3.05) is 6.61 Å². The van der Waals surface area contributed by atoms with Crippen LogP contribution in [-0.2, 0) is 4.74 Å². The number of non-ortho nitro benzene ring substituents is 1. The summed E-state index contributed by atoms with van der Waals surface area (Å²) in [5, 5.41) is 32.9. The summed E-state index contributed by atoms with van der Waals surface area (Å²) in [5.41, 5.74) is 2.11. The molecule has 0 radical (unpaired) electrons. The molecular weight excluding hydrogens is 340 g/mol. The van der Waals surface area contributed by atoms with Crippen LogP contribution in [0, 0.1) is 30.3 Å². The third-order valence-electron chi connectivity index (χ3n) is 2.52. The molecule has 0 aliphatic heterocycles. The molecule has 13 heteroatoms. The molecule has 25 heavy (non-hydrogen) atoms. The van der Waals surface area contributed by atoms with Crippen molar-refractivity contribution in [3.63, 3.8) is 0 Å². The van der Waals surface area contributed by atoms with E-state index in [1.54, 1.807) is 6.92 Å². The summed E-state index contributed by atoms with van der Waals surface area (Å²) in [6.07, 6.45) is 3.44. The van der Waals surface area contributed by atoms with Crippen LogP contribution in [0.5, 0.6) is 0 Å². The largest absolute Gasteiger partial charge is 0.500 e. The molecule has 1 aromatic carbocycles. The van der Waals surface area contributed by atoms with Gasteiger partial charge in [0.05, 0.1) is 45.9 Å². The van der Waals surface area contributed by atoms with Gasteiger partial charge in [0.2, 0.25) is 5.69 Å². The zero-order valence-electron chi connectivity index (χ0n) is 12.8. The van der Waals surface area contributed by atoms with E-state index in [1.165, 1.54) is 12.5 Å². The van der Waals surface area contributed by atoms with Gasteiger partial charge >= 0.3 is 11.4 Å². The van der Waals surface area contributed by atoms with Crippen LogP contribution in [0.3, 0.4) is 0 Å². The van der Waals surface area contributed by atoms with Crippen molar-refractivity contribution in [2.45, 2.75) is 6.92 Å². The van der Waals surface area contributed by atoms with Crippen molar-refractivity contribution in [1.82, 2.24) is 0 Å². The molecule has 0 unspecified atom stereocenters. The van der Waals surface area contributed by atoms with Gasteiger partial charge in [-0.25, -0.2) is 4.99 Å². The monoisotopic (exact) mass is 352 g/mol. The molecule has 0 atom stereocenters. The van der Waals surface area contributed by atoms with Crippen LogP contribution < -0.4 is 5.73 Å². The molecule has 0 amide bonds. The summed E-state index contributed by atoms with van der Waals surface area (Å²) in [4.78, 5) is 37.1. The van der Waals surface area contributed by atoms with Crippen LogP contribution in [0.2, 0.25) is 0 Å². The van der Waals surface area contributed by atoms with E-state index in [9.17, 15) is 30.3 Å². The van der Waals surface area contributed by atoms with Crippen molar-refractivity contribution in [1.29, 1.82) is 0 Å². The van der Waals surface area contributed by atoms with Crippen molar-refractivity contribution in [2.24, 2.45) is 15.7 Å². The fraction of sp³-hybridized carbons (Fsp3) is 0.167. The van der Waals surface area contributed by atoms with Gasteiger partial charge in [-0.15, -0.1) is 0 Å². The molecule has 0 aliphatic rings. The molecule has 0 heterocycles. The van der Waals surface area contributed by atoms with E-state index in [2.05, 4.69) is 9.98 Å². The minimum atomic E-state index is -1.03. The molecule has 1 rings (SSSR count). The highest BCUT2D eigenvalue weighted by molar-refractivity contribution is 6.29. The van der Waals surface area contributed by atoms with Crippen LogP contribution >= 0.6 is 0 Å². The lowest BCUT2D eigenvalue weighted by Crippen LogP contribution is -2.12. The summed E-state index contributed by atoms with van der Waals surface area (Å²) in [7, 11) is 0. The molecular formula is C12H12N6O7. The summed E-state index contributed by atoms with van der Waals surface area (Å²) in [5.74, 6) is -0.388. The fourth-order valence-corrected chi connectivity index (χ4v) is 1.54. The molecule has 0 fully saturated rings. The van der Waals surface area contributed by atoms with Crippen molar-refractivity contribution >= 4 is 34.8 Å². The SMILES string of the molecule is CCO/C=C/N=CC(N)=Nc1c([N+](=O)[O-])cc([N+](=O)[O-])cc1[N+](=O)[O-]. The van der Waals surface area contributed by atoms with E-state index in [0.717, 1.165) is 6.21 Å². The number of ether oxygens (including phenoxy) is 1. The van der Waals surface area contributed by atoms with Crippen molar-refractivity contribution in [3.05, 3.63) is 54.9 Å². The Kier molecular flexibility index (Phi) is 6.63. The molecule has 2 N–H and O–H groups in total. The van der Waals surface area contributed by atoms with Gasteiger partial charge in [-0.2, -0.15) is 0 Å². The van der Waals surface area contributed by atoms with Crippen LogP contribution in [0.1, 0.15) is 6.92 Å². The zero-order chi connectivity index (χ0) is 19.0. The lowest BCUT2D eigenvalue weighted by atomic mass is 10.2. The third-order valence-corrected chi connectivity index (χ3v) is 2.52. The van der Waals surface area contributed by atoms with Crippen LogP contribution in [-0.4, -0.2) is 33.4 Å². The average Bonchev–Trinajstić information content (AvgIpc) is 2.53. The van der Waals surface area contributed by atoms with Crippen molar-refractivity contribution in [3.8, 4) is 0 Å². The maximum Gasteiger partial charge on any atom is 0.308 e. The molecule has 13 nitrogen and oxygen atoms in total. The Morgan fingerprint density at radius 1 is 1.16 bits per heavy atom. The van der Waals surface area contributed by atoms with Gasteiger partial charge in [0.15, 0.2) is 0 Å². The number of hydrogen-bond acceptors (Lipinski definition) is 9. The fourth-order valence-electron chi connectivity index (χ4n) is 1.54. The van der Waals surface area contributed by atoms with Crippen molar-refractivity contribution < 1.29 is 19.5 Å². The van der Waals surface area contributed by atoms with E-state index >= 15 is 0 Å². The average molecular weight is 352 g/mol. The second-order valence-corrected chi connectivity index (χ2v) is 4.16. The van der Waals surface area contributed by atoms with Crippen LogP contribution in [0.25, 0.3) is 0 Å². The molecule has 0 bridgehead atoms. The predicted octanol–water partition coefficient (Wildman–Crippen LogP) is 1.98. The number of nitro groups is 3. The van der Waals surface area contributed by atoms with Gasteiger partial charge in [-0.1, -0.05) is 0 Å². The van der Waals surface area contributed by atoms with Gasteiger partial charge in [0.25, 0.3) is 5.69 Å². The third kappa shape index (κ3) is 5.34. The summed E-state index contributed by atoms with van der Waals surface area (Å²) < 4.78 is 4.85. The highest BCUT2D eigenvalue weighted by Gasteiger charge is 2.30. The van der Waals surface area contributed by atoms with E-state index < -0.39 is 37.5 Å². The van der Waals surface area contributed by atoms with Crippen LogP contribution in [0.4, 0.5) is 22.7 Å². The Balaban J connectivity index is 3.41. The van der Waals surface area contributed by atoms with E-state index in [-0.39, 0.29) is 5.84 Å². The van der Waals surface area contributed by atoms with Gasteiger partial charge in [-0.05, 0) is 6.92 Å². The number of hydrogen-bond donors (Lipinski definition) is 1. The smallest absolute Gasteiger partial charge is 0.308 e. The number of amidine groups is 1. The molecule has 132 valence electrons. The van der Waals surface area contributed by atoms with Gasteiger partial charge in [-0.3, -0.25) is 35.3 Å². The number of rotatable bonds is 8. The Labute approximate surface area is 139 Å². The number of nitrogens with zero attached hydrogens (tertiary/aromatic N) is 5. The maximum atomic E-state index is 11.1.